The number of nitrogens with zero attached hydrogens (tertiary/aromatic N) is 5. The van der Waals surface area contributed by atoms with Gasteiger partial charge in [0.2, 0.25) is 5.91 Å². The maximum Gasteiger partial charge on any atom is 0.433 e. The molecule has 2 aromatic rings. The monoisotopic (exact) mass is 392 g/mol. The van der Waals surface area contributed by atoms with E-state index in [0.29, 0.717) is 49.1 Å². The predicted molar refractivity (Wildman–Crippen MR) is 98.2 cm³/mol. The summed E-state index contributed by atoms with van der Waals surface area (Å²) in [5, 5.41) is 2.96. The number of pyridine rings is 1. The van der Waals surface area contributed by atoms with Crippen LogP contribution >= 0.6 is 0 Å². The average molecular weight is 392 g/mol. The standard InChI is InChI=1S/C18H19F3N6O/c1-12(2)17(28)27-9-7-26(8-10-27)16-15(22-5-6-23-16)25-13-3-4-14(24-11-13)18(19,20)21/h3-6,11H,1,7-10H2,2H3,(H,22,25). The zero-order chi connectivity index (χ0) is 20.3. The molecular formula is C18H19F3N6O. The van der Waals surface area contributed by atoms with E-state index in [-0.39, 0.29) is 5.91 Å². The van der Waals surface area contributed by atoms with Crippen LogP contribution in [0.2, 0.25) is 0 Å². The van der Waals surface area contributed by atoms with Crippen molar-refractivity contribution >= 4 is 23.2 Å². The molecule has 1 aliphatic heterocycles. The van der Waals surface area contributed by atoms with E-state index in [2.05, 4.69) is 26.8 Å². The number of carbonyl (C=O) groups is 1. The highest BCUT2D eigenvalue weighted by Gasteiger charge is 2.32. The van der Waals surface area contributed by atoms with Gasteiger partial charge in [-0.3, -0.25) is 4.79 Å². The highest BCUT2D eigenvalue weighted by molar-refractivity contribution is 5.92. The van der Waals surface area contributed by atoms with Crippen LogP contribution in [0.25, 0.3) is 0 Å². The normalized spacial score (nSPS) is 14.7. The maximum absolute atomic E-state index is 12.6. The van der Waals surface area contributed by atoms with Crippen LogP contribution in [0, 0.1) is 0 Å². The molecule has 0 aliphatic carbocycles. The number of piperazine rings is 1. The number of amides is 1. The van der Waals surface area contributed by atoms with Gasteiger partial charge in [-0.1, -0.05) is 6.58 Å². The number of anilines is 3. The minimum atomic E-state index is -4.49. The molecule has 1 fully saturated rings. The van der Waals surface area contributed by atoms with E-state index >= 15 is 0 Å². The Morgan fingerprint density at radius 2 is 1.79 bits per heavy atom. The Bertz CT molecular complexity index is 860. The molecule has 10 heteroatoms. The lowest BCUT2D eigenvalue weighted by Gasteiger charge is -2.36. The van der Waals surface area contributed by atoms with E-state index < -0.39 is 11.9 Å². The van der Waals surface area contributed by atoms with Crippen molar-refractivity contribution in [1.29, 1.82) is 0 Å². The first-order valence-corrected chi connectivity index (χ1v) is 8.56. The van der Waals surface area contributed by atoms with Gasteiger partial charge in [-0.15, -0.1) is 0 Å². The second-order valence-electron chi connectivity index (χ2n) is 6.34. The summed E-state index contributed by atoms with van der Waals surface area (Å²) in [7, 11) is 0. The SMILES string of the molecule is C=C(C)C(=O)N1CCN(c2nccnc2Nc2ccc(C(F)(F)F)nc2)CC1. The molecular weight excluding hydrogens is 373 g/mol. The minimum Gasteiger partial charge on any atom is -0.350 e. The van der Waals surface area contributed by atoms with Gasteiger partial charge in [0.15, 0.2) is 11.6 Å². The van der Waals surface area contributed by atoms with Crippen molar-refractivity contribution in [3.05, 3.63) is 48.6 Å². The molecule has 3 rings (SSSR count). The Morgan fingerprint density at radius 3 is 2.36 bits per heavy atom. The molecule has 0 saturated carbocycles. The summed E-state index contributed by atoms with van der Waals surface area (Å²) in [6.07, 6.45) is -0.358. The number of hydrogen-bond acceptors (Lipinski definition) is 6. The number of alkyl halides is 3. The maximum atomic E-state index is 12.6. The summed E-state index contributed by atoms with van der Waals surface area (Å²) < 4.78 is 37.9. The summed E-state index contributed by atoms with van der Waals surface area (Å²) in [5.41, 5.74) is -0.105. The molecule has 28 heavy (non-hydrogen) atoms. The molecule has 0 unspecified atom stereocenters. The van der Waals surface area contributed by atoms with Gasteiger partial charge in [0.25, 0.3) is 0 Å². The largest absolute Gasteiger partial charge is 0.433 e. The fraction of sp³-hybridized carbons (Fsp3) is 0.333. The lowest BCUT2D eigenvalue weighted by molar-refractivity contribution is -0.141. The molecule has 7 nitrogen and oxygen atoms in total. The molecule has 148 valence electrons. The lowest BCUT2D eigenvalue weighted by atomic mass is 10.2. The lowest BCUT2D eigenvalue weighted by Crippen LogP contribution is -2.49. The van der Waals surface area contributed by atoms with Crippen molar-refractivity contribution in [2.45, 2.75) is 13.1 Å². The molecule has 0 bridgehead atoms. The van der Waals surface area contributed by atoms with Crippen LogP contribution in [0.1, 0.15) is 12.6 Å². The van der Waals surface area contributed by atoms with Gasteiger partial charge in [0, 0.05) is 44.1 Å². The van der Waals surface area contributed by atoms with E-state index in [9.17, 15) is 18.0 Å². The van der Waals surface area contributed by atoms with Crippen molar-refractivity contribution in [3.63, 3.8) is 0 Å². The van der Waals surface area contributed by atoms with E-state index in [1.807, 2.05) is 4.90 Å². The highest BCUT2D eigenvalue weighted by Crippen LogP contribution is 2.29. The van der Waals surface area contributed by atoms with Crippen LogP contribution < -0.4 is 10.2 Å². The van der Waals surface area contributed by atoms with Gasteiger partial charge < -0.3 is 15.1 Å². The second kappa shape index (κ2) is 7.83. The molecule has 0 atom stereocenters. The summed E-state index contributed by atoms with van der Waals surface area (Å²) in [6, 6.07) is 2.19. The number of halogens is 3. The molecule has 1 aliphatic rings. The van der Waals surface area contributed by atoms with Crippen molar-refractivity contribution in [2.75, 3.05) is 36.4 Å². The van der Waals surface area contributed by atoms with E-state index in [1.165, 1.54) is 18.5 Å². The number of aromatic nitrogens is 3. The first-order chi connectivity index (χ1) is 13.3. The number of rotatable bonds is 4. The topological polar surface area (TPSA) is 74.2 Å². The van der Waals surface area contributed by atoms with Gasteiger partial charge in [-0.2, -0.15) is 13.2 Å². The van der Waals surface area contributed by atoms with Gasteiger partial charge in [0.05, 0.1) is 11.9 Å². The third kappa shape index (κ3) is 4.38. The first kappa shape index (κ1) is 19.6. The summed E-state index contributed by atoms with van der Waals surface area (Å²) >= 11 is 0. The van der Waals surface area contributed by atoms with Crippen LogP contribution in [0.15, 0.2) is 42.9 Å². The Hall–Kier alpha value is -3.17. The Balaban J connectivity index is 1.72. The molecule has 0 spiro atoms. The van der Waals surface area contributed by atoms with Crippen LogP contribution in [-0.2, 0) is 11.0 Å². The average Bonchev–Trinajstić information content (AvgIpc) is 2.68. The Morgan fingerprint density at radius 1 is 1.11 bits per heavy atom. The number of hydrogen-bond donors (Lipinski definition) is 1. The number of nitrogens with one attached hydrogen (secondary N) is 1. The summed E-state index contributed by atoms with van der Waals surface area (Å²) in [5.74, 6) is 0.890. The van der Waals surface area contributed by atoms with Crippen LogP contribution in [0.4, 0.5) is 30.5 Å². The molecule has 1 saturated heterocycles. The fourth-order valence-corrected chi connectivity index (χ4v) is 2.81. The zero-order valence-corrected chi connectivity index (χ0v) is 15.2. The molecule has 1 amide bonds. The molecule has 3 heterocycles. The van der Waals surface area contributed by atoms with Gasteiger partial charge in [-0.25, -0.2) is 15.0 Å². The minimum absolute atomic E-state index is 0.0760. The summed E-state index contributed by atoms with van der Waals surface area (Å²) in [6.45, 7) is 7.50. The Labute approximate surface area is 159 Å². The van der Waals surface area contributed by atoms with Crippen molar-refractivity contribution in [2.24, 2.45) is 0 Å². The third-order valence-corrected chi connectivity index (χ3v) is 4.23. The second-order valence-corrected chi connectivity index (χ2v) is 6.34. The quantitative estimate of drug-likeness (QED) is 0.807. The zero-order valence-electron chi connectivity index (χ0n) is 15.2. The van der Waals surface area contributed by atoms with Crippen molar-refractivity contribution in [1.82, 2.24) is 19.9 Å². The Kier molecular flexibility index (Phi) is 5.48. The molecule has 0 radical (unpaired) electrons. The predicted octanol–water partition coefficient (Wildman–Crippen LogP) is 2.86. The van der Waals surface area contributed by atoms with Gasteiger partial charge in [0.1, 0.15) is 5.69 Å². The van der Waals surface area contributed by atoms with Crippen molar-refractivity contribution in [3.8, 4) is 0 Å². The third-order valence-electron chi connectivity index (χ3n) is 4.23. The van der Waals surface area contributed by atoms with E-state index in [0.717, 1.165) is 12.3 Å². The van der Waals surface area contributed by atoms with E-state index in [4.69, 9.17) is 0 Å². The van der Waals surface area contributed by atoms with Crippen LogP contribution in [0.3, 0.4) is 0 Å². The van der Waals surface area contributed by atoms with Gasteiger partial charge >= 0.3 is 6.18 Å². The molecule has 0 aromatic carbocycles. The first-order valence-electron chi connectivity index (χ1n) is 8.56. The smallest absolute Gasteiger partial charge is 0.350 e. The summed E-state index contributed by atoms with van der Waals surface area (Å²) in [4.78, 5) is 27.7. The molecule has 1 N–H and O–H groups in total. The highest BCUT2D eigenvalue weighted by atomic mass is 19.4. The molecule has 2 aromatic heterocycles. The van der Waals surface area contributed by atoms with Gasteiger partial charge in [-0.05, 0) is 19.1 Å². The number of carbonyl (C=O) groups excluding carboxylic acids is 1. The van der Waals surface area contributed by atoms with E-state index in [1.54, 1.807) is 11.8 Å². The fourth-order valence-electron chi connectivity index (χ4n) is 2.81. The van der Waals surface area contributed by atoms with Crippen molar-refractivity contribution < 1.29 is 18.0 Å². The van der Waals surface area contributed by atoms with Crippen LogP contribution in [-0.4, -0.2) is 51.9 Å². The van der Waals surface area contributed by atoms with Crippen LogP contribution in [0.5, 0.6) is 0 Å².